The Balaban J connectivity index is 2.10. The molecule has 0 spiro atoms. The number of carboxylic acids is 1. The number of hydrogen-bond donors (Lipinski definition) is 2. The van der Waals surface area contributed by atoms with Crippen molar-refractivity contribution in [1.82, 2.24) is 15.1 Å². The number of carbonyl (C=O) groups excluding carboxylic acids is 1. The van der Waals surface area contributed by atoms with Gasteiger partial charge in [-0.15, -0.1) is 0 Å². The van der Waals surface area contributed by atoms with Crippen molar-refractivity contribution < 1.29 is 23.1 Å². The molecule has 1 amide bonds. The lowest BCUT2D eigenvalue weighted by atomic mass is 10.2. The average molecular weight is 423 g/mol. The van der Waals surface area contributed by atoms with Gasteiger partial charge in [-0.3, -0.25) is 18.6 Å². The van der Waals surface area contributed by atoms with Gasteiger partial charge in [-0.05, 0) is 31.9 Å². The number of unbranched alkanes of at least 4 members (excludes halogenated alkanes) is 2. The Hall–Kier alpha value is -2.88. The fourth-order valence-corrected chi connectivity index (χ4v) is 4.06. The molecule has 10 heteroatoms. The fraction of sp³-hybridized carbons (Fsp3) is 0.421. The summed E-state index contributed by atoms with van der Waals surface area (Å²) < 4.78 is 28.3. The van der Waals surface area contributed by atoms with Crippen LogP contribution in [0.4, 0.5) is 5.82 Å². The van der Waals surface area contributed by atoms with Gasteiger partial charge in [0.05, 0.1) is 11.1 Å². The molecule has 2 rings (SSSR count). The van der Waals surface area contributed by atoms with Gasteiger partial charge in [-0.2, -0.15) is 5.10 Å². The number of nitrogens with one attached hydrogen (secondary N) is 1. The number of amides is 1. The summed E-state index contributed by atoms with van der Waals surface area (Å²) in [5, 5.41) is 15.4. The second-order valence-electron chi connectivity index (χ2n) is 6.75. The highest BCUT2D eigenvalue weighted by Crippen LogP contribution is 2.25. The monoisotopic (exact) mass is 422 g/mol. The summed E-state index contributed by atoms with van der Waals surface area (Å²) >= 11 is 0. The van der Waals surface area contributed by atoms with Crippen molar-refractivity contribution in [2.24, 2.45) is 7.05 Å². The molecule has 0 aliphatic rings. The SMILES string of the molecule is Cc1ccc(S(=O)(=O)N(C)c2c(C(=O)NCCCCCC(=O)O)cnn2C)cc1. The van der Waals surface area contributed by atoms with Gasteiger partial charge >= 0.3 is 5.97 Å². The van der Waals surface area contributed by atoms with Crippen molar-refractivity contribution in [1.29, 1.82) is 0 Å². The van der Waals surface area contributed by atoms with E-state index in [2.05, 4.69) is 10.4 Å². The fourth-order valence-electron chi connectivity index (χ4n) is 2.82. The van der Waals surface area contributed by atoms with Gasteiger partial charge in [-0.25, -0.2) is 8.42 Å². The van der Waals surface area contributed by atoms with Crippen molar-refractivity contribution in [3.8, 4) is 0 Å². The van der Waals surface area contributed by atoms with Crippen LogP contribution >= 0.6 is 0 Å². The Morgan fingerprint density at radius 2 is 1.83 bits per heavy atom. The van der Waals surface area contributed by atoms with E-state index in [-0.39, 0.29) is 22.7 Å². The average Bonchev–Trinajstić information content (AvgIpc) is 3.05. The quantitative estimate of drug-likeness (QED) is 0.564. The van der Waals surface area contributed by atoms with Crippen LogP contribution in [0.15, 0.2) is 35.4 Å². The molecule has 2 aromatic rings. The van der Waals surface area contributed by atoms with Gasteiger partial charge in [0, 0.05) is 27.1 Å². The van der Waals surface area contributed by atoms with E-state index in [4.69, 9.17) is 5.11 Å². The standard InChI is InChI=1S/C19H26N4O5S/c1-14-8-10-15(11-9-14)29(27,28)23(3)19-16(13-21-22(19)2)18(26)20-12-6-4-5-7-17(24)25/h8-11,13H,4-7,12H2,1-3H3,(H,20,26)(H,24,25). The molecule has 0 saturated carbocycles. The third-order valence-corrected chi connectivity index (χ3v) is 6.24. The molecule has 0 bridgehead atoms. The highest BCUT2D eigenvalue weighted by atomic mass is 32.2. The minimum atomic E-state index is -3.86. The summed E-state index contributed by atoms with van der Waals surface area (Å²) in [6.45, 7) is 2.23. The Bertz CT molecular complexity index is 967. The maximum atomic E-state index is 13.0. The molecule has 1 aromatic carbocycles. The molecule has 0 unspecified atom stereocenters. The minimum absolute atomic E-state index is 0.0996. The van der Waals surface area contributed by atoms with Crippen LogP contribution in [0.2, 0.25) is 0 Å². The van der Waals surface area contributed by atoms with Crippen molar-refractivity contribution in [2.45, 2.75) is 37.5 Å². The topological polar surface area (TPSA) is 122 Å². The number of anilines is 1. The van der Waals surface area contributed by atoms with Crippen LogP contribution in [-0.4, -0.2) is 48.8 Å². The summed E-state index contributed by atoms with van der Waals surface area (Å²) in [4.78, 5) is 23.2. The van der Waals surface area contributed by atoms with Crippen molar-refractivity contribution in [2.75, 3.05) is 17.9 Å². The molecule has 9 nitrogen and oxygen atoms in total. The summed E-state index contributed by atoms with van der Waals surface area (Å²) in [5.74, 6) is -1.11. The van der Waals surface area contributed by atoms with E-state index in [9.17, 15) is 18.0 Å². The Morgan fingerprint density at radius 3 is 2.45 bits per heavy atom. The van der Waals surface area contributed by atoms with Gasteiger partial charge in [0.25, 0.3) is 15.9 Å². The molecular weight excluding hydrogens is 396 g/mol. The van der Waals surface area contributed by atoms with E-state index in [0.29, 0.717) is 25.8 Å². The molecule has 0 atom stereocenters. The molecule has 0 aliphatic heterocycles. The van der Waals surface area contributed by atoms with E-state index in [1.165, 1.54) is 30.1 Å². The summed E-state index contributed by atoms with van der Waals surface area (Å²) in [5.41, 5.74) is 1.09. The molecule has 158 valence electrons. The number of benzene rings is 1. The lowest BCUT2D eigenvalue weighted by Gasteiger charge is -2.21. The van der Waals surface area contributed by atoms with E-state index in [0.717, 1.165) is 9.87 Å². The van der Waals surface area contributed by atoms with Gasteiger partial charge in [0.15, 0.2) is 5.82 Å². The smallest absolute Gasteiger partial charge is 0.303 e. The molecule has 2 N–H and O–H groups in total. The molecule has 1 aromatic heterocycles. The minimum Gasteiger partial charge on any atom is -0.481 e. The molecule has 0 fully saturated rings. The molecule has 29 heavy (non-hydrogen) atoms. The lowest BCUT2D eigenvalue weighted by molar-refractivity contribution is -0.137. The summed E-state index contributed by atoms with van der Waals surface area (Å²) in [7, 11) is -0.909. The highest BCUT2D eigenvalue weighted by molar-refractivity contribution is 7.92. The van der Waals surface area contributed by atoms with Crippen LogP contribution in [0.1, 0.15) is 41.6 Å². The second kappa shape index (κ2) is 9.55. The summed E-state index contributed by atoms with van der Waals surface area (Å²) in [6, 6.07) is 6.46. The molecule has 1 heterocycles. The number of nitrogens with zero attached hydrogens (tertiary/aromatic N) is 3. The molecule has 0 aliphatic carbocycles. The first-order valence-electron chi connectivity index (χ1n) is 9.22. The number of aliphatic carboxylic acids is 1. The third kappa shape index (κ3) is 5.57. The van der Waals surface area contributed by atoms with Gasteiger partial charge in [-0.1, -0.05) is 24.1 Å². The predicted molar refractivity (Wildman–Crippen MR) is 108 cm³/mol. The lowest BCUT2D eigenvalue weighted by Crippen LogP contribution is -2.32. The molecular formula is C19H26N4O5S. The van der Waals surface area contributed by atoms with Gasteiger partial charge in [0.2, 0.25) is 0 Å². The zero-order chi connectivity index (χ0) is 21.6. The summed E-state index contributed by atoms with van der Waals surface area (Å²) in [6.07, 6.45) is 3.28. The molecule has 0 radical (unpaired) electrons. The van der Waals surface area contributed by atoms with Crippen LogP contribution in [0, 0.1) is 6.92 Å². The Labute approximate surface area is 170 Å². The van der Waals surface area contributed by atoms with Crippen molar-refractivity contribution in [3.05, 3.63) is 41.6 Å². The van der Waals surface area contributed by atoms with E-state index in [1.54, 1.807) is 19.2 Å². The number of aryl methyl sites for hydroxylation is 2. The van der Waals surface area contributed by atoms with Gasteiger partial charge < -0.3 is 10.4 Å². The van der Waals surface area contributed by atoms with E-state index < -0.39 is 21.9 Å². The third-order valence-electron chi connectivity index (χ3n) is 4.48. The van der Waals surface area contributed by atoms with E-state index >= 15 is 0 Å². The van der Waals surface area contributed by atoms with Crippen LogP contribution in [0.5, 0.6) is 0 Å². The van der Waals surface area contributed by atoms with Crippen LogP contribution in [0.3, 0.4) is 0 Å². The van der Waals surface area contributed by atoms with Gasteiger partial charge in [0.1, 0.15) is 5.56 Å². The van der Waals surface area contributed by atoms with E-state index in [1.807, 2.05) is 6.92 Å². The second-order valence-corrected chi connectivity index (χ2v) is 8.72. The number of aromatic nitrogens is 2. The van der Waals surface area contributed by atoms with Crippen molar-refractivity contribution >= 4 is 27.7 Å². The zero-order valence-electron chi connectivity index (χ0n) is 16.8. The normalized spacial score (nSPS) is 11.3. The number of carboxylic acid groups (broad SMARTS) is 1. The number of carbonyl (C=O) groups is 2. The highest BCUT2D eigenvalue weighted by Gasteiger charge is 2.28. The predicted octanol–water partition coefficient (Wildman–Crippen LogP) is 1.93. The number of sulfonamides is 1. The Kier molecular flexibility index (Phi) is 7.38. The van der Waals surface area contributed by atoms with Crippen molar-refractivity contribution in [3.63, 3.8) is 0 Å². The molecule has 0 saturated heterocycles. The number of hydrogen-bond acceptors (Lipinski definition) is 5. The first kappa shape index (κ1) is 22.4. The van der Waals surface area contributed by atoms with Crippen LogP contribution < -0.4 is 9.62 Å². The largest absolute Gasteiger partial charge is 0.481 e. The maximum absolute atomic E-state index is 13.0. The first-order chi connectivity index (χ1) is 13.6. The first-order valence-corrected chi connectivity index (χ1v) is 10.7. The maximum Gasteiger partial charge on any atom is 0.303 e. The Morgan fingerprint density at radius 1 is 1.17 bits per heavy atom. The zero-order valence-corrected chi connectivity index (χ0v) is 17.6. The van der Waals surface area contributed by atoms with Crippen LogP contribution in [0.25, 0.3) is 0 Å². The number of rotatable bonds is 10. The van der Waals surface area contributed by atoms with Crippen LogP contribution in [-0.2, 0) is 21.9 Å².